The molecule has 0 aliphatic carbocycles. The van der Waals surface area contributed by atoms with Crippen molar-refractivity contribution in [3.8, 4) is 0 Å². The molecule has 84 valence electrons. The Labute approximate surface area is 91.7 Å². The highest BCUT2D eigenvalue weighted by Gasteiger charge is 2.11. The van der Waals surface area contributed by atoms with Gasteiger partial charge in [-0.3, -0.25) is 0 Å². The van der Waals surface area contributed by atoms with Gasteiger partial charge in [0.25, 0.3) is 0 Å². The average Bonchev–Trinajstić information content (AvgIpc) is 2.25. The van der Waals surface area contributed by atoms with Crippen LogP contribution in [0.3, 0.4) is 0 Å². The number of hydrogen-bond acceptors (Lipinski definition) is 4. The number of anilines is 2. The lowest BCUT2D eigenvalue weighted by molar-refractivity contribution is 0.661. The maximum atomic E-state index is 4.30. The number of rotatable bonds is 5. The normalized spacial score (nSPS) is 10.5. The molecule has 0 spiro atoms. The molecule has 1 aromatic heterocycles. The van der Waals surface area contributed by atoms with Gasteiger partial charge in [0.15, 0.2) is 0 Å². The lowest BCUT2D eigenvalue weighted by Crippen LogP contribution is -2.32. The van der Waals surface area contributed by atoms with Gasteiger partial charge in [0.2, 0.25) is 0 Å². The fraction of sp³-hybridized carbons (Fsp3) is 0.636. The summed E-state index contributed by atoms with van der Waals surface area (Å²) in [5.41, 5.74) is 0. The Bertz CT molecular complexity index is 298. The van der Waals surface area contributed by atoms with Crippen LogP contribution in [0.1, 0.15) is 27.2 Å². The molecular formula is C11H20N4. The summed E-state index contributed by atoms with van der Waals surface area (Å²) in [5, 5.41) is 3.03. The Morgan fingerprint density at radius 3 is 2.67 bits per heavy atom. The minimum Gasteiger partial charge on any atom is -0.373 e. The maximum Gasteiger partial charge on any atom is 0.134 e. The van der Waals surface area contributed by atoms with E-state index < -0.39 is 0 Å². The zero-order valence-corrected chi connectivity index (χ0v) is 9.99. The van der Waals surface area contributed by atoms with Crippen molar-refractivity contribution in [2.45, 2.75) is 33.2 Å². The van der Waals surface area contributed by atoms with Crippen molar-refractivity contribution in [1.29, 1.82) is 0 Å². The zero-order chi connectivity index (χ0) is 11.3. The molecule has 0 radical (unpaired) electrons. The molecule has 0 saturated carbocycles. The monoisotopic (exact) mass is 208 g/mol. The number of nitrogens with one attached hydrogen (secondary N) is 1. The van der Waals surface area contributed by atoms with Crippen molar-refractivity contribution >= 4 is 11.6 Å². The van der Waals surface area contributed by atoms with E-state index in [0.29, 0.717) is 6.04 Å². The second kappa shape index (κ2) is 5.53. The lowest BCUT2D eigenvalue weighted by atomic mass is 10.3. The number of hydrogen-bond donors (Lipinski definition) is 1. The Morgan fingerprint density at radius 2 is 2.13 bits per heavy atom. The summed E-state index contributed by atoms with van der Waals surface area (Å²) in [7, 11) is 1.87. The first-order valence-corrected chi connectivity index (χ1v) is 5.45. The average molecular weight is 208 g/mol. The van der Waals surface area contributed by atoms with E-state index in [1.807, 2.05) is 13.1 Å². The van der Waals surface area contributed by atoms with Gasteiger partial charge in [0.1, 0.15) is 18.0 Å². The first-order valence-electron chi connectivity index (χ1n) is 5.45. The van der Waals surface area contributed by atoms with Crippen molar-refractivity contribution in [1.82, 2.24) is 9.97 Å². The first-order chi connectivity index (χ1) is 7.19. The highest BCUT2D eigenvalue weighted by Crippen LogP contribution is 2.16. The molecular weight excluding hydrogens is 188 g/mol. The van der Waals surface area contributed by atoms with Crippen molar-refractivity contribution in [2.75, 3.05) is 23.8 Å². The van der Waals surface area contributed by atoms with E-state index in [0.717, 1.165) is 24.6 Å². The zero-order valence-electron chi connectivity index (χ0n) is 9.99. The van der Waals surface area contributed by atoms with Crippen LogP contribution in [0.15, 0.2) is 12.4 Å². The Balaban J connectivity index is 2.89. The molecule has 1 rings (SSSR count). The van der Waals surface area contributed by atoms with E-state index in [9.17, 15) is 0 Å². The first kappa shape index (κ1) is 11.8. The molecule has 15 heavy (non-hydrogen) atoms. The summed E-state index contributed by atoms with van der Waals surface area (Å²) in [6.07, 6.45) is 2.73. The standard InChI is InChI=1S/C11H20N4/c1-5-6-15(9(2)3)11-7-10(12-4)13-8-14-11/h7-9H,5-6H2,1-4H3,(H,12,13,14). The number of nitrogens with zero attached hydrogens (tertiary/aromatic N) is 3. The van der Waals surface area contributed by atoms with Crippen LogP contribution in [0.5, 0.6) is 0 Å². The molecule has 0 aromatic carbocycles. The molecule has 0 amide bonds. The smallest absolute Gasteiger partial charge is 0.134 e. The van der Waals surface area contributed by atoms with Gasteiger partial charge in [-0.15, -0.1) is 0 Å². The molecule has 0 saturated heterocycles. The van der Waals surface area contributed by atoms with Gasteiger partial charge in [-0.1, -0.05) is 6.92 Å². The lowest BCUT2D eigenvalue weighted by Gasteiger charge is -2.27. The van der Waals surface area contributed by atoms with E-state index in [4.69, 9.17) is 0 Å². The van der Waals surface area contributed by atoms with Crippen molar-refractivity contribution < 1.29 is 0 Å². The Hall–Kier alpha value is -1.32. The van der Waals surface area contributed by atoms with Gasteiger partial charge in [0.05, 0.1) is 0 Å². The van der Waals surface area contributed by atoms with Crippen LogP contribution in [0.25, 0.3) is 0 Å². The quantitative estimate of drug-likeness (QED) is 0.805. The fourth-order valence-corrected chi connectivity index (χ4v) is 1.52. The SMILES string of the molecule is CCCN(c1cc(NC)ncn1)C(C)C. The third kappa shape index (κ3) is 3.08. The second-order valence-electron chi connectivity index (χ2n) is 3.80. The van der Waals surface area contributed by atoms with Crippen LogP contribution in [-0.2, 0) is 0 Å². The van der Waals surface area contributed by atoms with Crippen LogP contribution in [0.2, 0.25) is 0 Å². The minimum absolute atomic E-state index is 0.463. The highest BCUT2D eigenvalue weighted by atomic mass is 15.2. The largest absolute Gasteiger partial charge is 0.373 e. The molecule has 0 aliphatic rings. The van der Waals surface area contributed by atoms with E-state index in [1.54, 1.807) is 6.33 Å². The van der Waals surface area contributed by atoms with Crippen LogP contribution in [-0.4, -0.2) is 29.6 Å². The Kier molecular flexibility index (Phi) is 4.34. The predicted octanol–water partition coefficient (Wildman–Crippen LogP) is 2.14. The third-order valence-corrected chi connectivity index (χ3v) is 2.29. The van der Waals surface area contributed by atoms with Crippen molar-refractivity contribution in [2.24, 2.45) is 0 Å². The number of aromatic nitrogens is 2. The van der Waals surface area contributed by atoms with Gasteiger partial charge in [-0.2, -0.15) is 0 Å². The molecule has 1 N–H and O–H groups in total. The molecule has 0 bridgehead atoms. The van der Waals surface area contributed by atoms with E-state index in [-0.39, 0.29) is 0 Å². The van der Waals surface area contributed by atoms with Gasteiger partial charge < -0.3 is 10.2 Å². The fourth-order valence-electron chi connectivity index (χ4n) is 1.52. The summed E-state index contributed by atoms with van der Waals surface area (Å²) >= 11 is 0. The minimum atomic E-state index is 0.463. The maximum absolute atomic E-state index is 4.30. The predicted molar refractivity (Wildman–Crippen MR) is 64.4 cm³/mol. The molecule has 0 atom stereocenters. The van der Waals surface area contributed by atoms with Gasteiger partial charge >= 0.3 is 0 Å². The summed E-state index contributed by atoms with van der Waals surface area (Å²) in [6.45, 7) is 7.56. The Morgan fingerprint density at radius 1 is 1.40 bits per heavy atom. The summed E-state index contributed by atoms with van der Waals surface area (Å²) in [6, 6.07) is 2.44. The topological polar surface area (TPSA) is 41.0 Å². The molecule has 1 heterocycles. The third-order valence-electron chi connectivity index (χ3n) is 2.29. The van der Waals surface area contributed by atoms with Crippen LogP contribution < -0.4 is 10.2 Å². The van der Waals surface area contributed by atoms with E-state index in [2.05, 4.69) is 41.0 Å². The van der Waals surface area contributed by atoms with Crippen LogP contribution >= 0.6 is 0 Å². The van der Waals surface area contributed by atoms with E-state index >= 15 is 0 Å². The second-order valence-corrected chi connectivity index (χ2v) is 3.80. The summed E-state index contributed by atoms with van der Waals surface area (Å²) < 4.78 is 0. The van der Waals surface area contributed by atoms with Crippen molar-refractivity contribution in [3.05, 3.63) is 12.4 Å². The van der Waals surface area contributed by atoms with Crippen LogP contribution in [0, 0.1) is 0 Å². The molecule has 0 fully saturated rings. The molecule has 4 heteroatoms. The molecule has 1 aromatic rings. The van der Waals surface area contributed by atoms with Crippen LogP contribution in [0.4, 0.5) is 11.6 Å². The van der Waals surface area contributed by atoms with Gasteiger partial charge in [-0.25, -0.2) is 9.97 Å². The van der Waals surface area contributed by atoms with Crippen molar-refractivity contribution in [3.63, 3.8) is 0 Å². The molecule has 0 unspecified atom stereocenters. The molecule has 4 nitrogen and oxygen atoms in total. The summed E-state index contributed by atoms with van der Waals surface area (Å²) in [4.78, 5) is 10.7. The summed E-state index contributed by atoms with van der Waals surface area (Å²) in [5.74, 6) is 1.85. The molecule has 0 aliphatic heterocycles. The van der Waals surface area contributed by atoms with E-state index in [1.165, 1.54) is 0 Å². The highest BCUT2D eigenvalue weighted by molar-refractivity contribution is 5.48. The van der Waals surface area contributed by atoms with Gasteiger partial charge in [0, 0.05) is 25.7 Å². The van der Waals surface area contributed by atoms with Gasteiger partial charge in [-0.05, 0) is 20.3 Å².